The van der Waals surface area contributed by atoms with Crippen LogP contribution in [0.3, 0.4) is 0 Å². The van der Waals surface area contributed by atoms with E-state index < -0.39 is 0 Å². The highest BCUT2D eigenvalue weighted by atomic mass is 16.5. The first-order valence-electron chi connectivity index (χ1n) is 7.88. The number of rotatable bonds is 5. The fourth-order valence-electron chi connectivity index (χ4n) is 3.95. The SMILES string of the molecule is CCNC(CN1C(=O)C2CCCC2C1=O)C1CCOC1. The molecule has 0 aromatic rings. The number of carbonyl (C=O) groups is 2. The molecule has 2 aliphatic heterocycles. The van der Waals surface area contributed by atoms with Crippen LogP contribution in [0.4, 0.5) is 0 Å². The molecule has 0 aromatic carbocycles. The largest absolute Gasteiger partial charge is 0.381 e. The molecule has 2 saturated heterocycles. The summed E-state index contributed by atoms with van der Waals surface area (Å²) in [5.74, 6) is 0.504. The Kier molecular flexibility index (Phi) is 4.08. The van der Waals surface area contributed by atoms with Crippen molar-refractivity contribution in [2.24, 2.45) is 17.8 Å². The fraction of sp³-hybridized carbons (Fsp3) is 0.867. The Hall–Kier alpha value is -0.940. The lowest BCUT2D eigenvalue weighted by Crippen LogP contribution is -2.48. The van der Waals surface area contributed by atoms with E-state index in [0.717, 1.165) is 45.4 Å². The average molecular weight is 280 g/mol. The summed E-state index contributed by atoms with van der Waals surface area (Å²) < 4.78 is 5.45. The molecule has 1 N–H and O–H groups in total. The lowest BCUT2D eigenvalue weighted by Gasteiger charge is -2.28. The molecule has 4 atom stereocenters. The minimum atomic E-state index is -0.0235. The summed E-state index contributed by atoms with van der Waals surface area (Å²) in [4.78, 5) is 26.3. The summed E-state index contributed by atoms with van der Waals surface area (Å²) in [5.41, 5.74) is 0. The number of imide groups is 1. The topological polar surface area (TPSA) is 58.6 Å². The van der Waals surface area contributed by atoms with Crippen LogP contribution in [0.15, 0.2) is 0 Å². The number of nitrogens with zero attached hydrogens (tertiary/aromatic N) is 1. The zero-order valence-corrected chi connectivity index (χ0v) is 12.1. The van der Waals surface area contributed by atoms with Crippen molar-refractivity contribution in [1.29, 1.82) is 0 Å². The second-order valence-electron chi connectivity index (χ2n) is 6.22. The normalized spacial score (nSPS) is 34.9. The zero-order chi connectivity index (χ0) is 14.1. The molecule has 1 aliphatic carbocycles. The van der Waals surface area contributed by atoms with Gasteiger partial charge in [-0.05, 0) is 25.8 Å². The Balaban J connectivity index is 1.68. The molecule has 3 rings (SSSR count). The zero-order valence-electron chi connectivity index (χ0n) is 12.1. The van der Waals surface area contributed by atoms with Crippen molar-refractivity contribution in [1.82, 2.24) is 10.2 Å². The van der Waals surface area contributed by atoms with Crippen LogP contribution in [0, 0.1) is 17.8 Å². The van der Waals surface area contributed by atoms with Gasteiger partial charge in [0.05, 0.1) is 18.4 Å². The van der Waals surface area contributed by atoms with Gasteiger partial charge >= 0.3 is 0 Å². The highest BCUT2D eigenvalue weighted by Crippen LogP contribution is 2.39. The molecule has 1 saturated carbocycles. The molecule has 2 amide bonds. The van der Waals surface area contributed by atoms with Gasteiger partial charge < -0.3 is 10.1 Å². The number of likely N-dealkylation sites (N-methyl/N-ethyl adjacent to an activating group) is 1. The van der Waals surface area contributed by atoms with E-state index in [-0.39, 0.29) is 29.7 Å². The van der Waals surface area contributed by atoms with Gasteiger partial charge in [-0.25, -0.2) is 0 Å². The fourth-order valence-corrected chi connectivity index (χ4v) is 3.95. The molecular formula is C15H24N2O3. The van der Waals surface area contributed by atoms with Crippen molar-refractivity contribution in [3.63, 3.8) is 0 Å². The first-order valence-corrected chi connectivity index (χ1v) is 7.88. The average Bonchev–Trinajstić information content (AvgIpc) is 3.14. The molecule has 0 bridgehead atoms. The van der Waals surface area contributed by atoms with Gasteiger partial charge in [-0.3, -0.25) is 14.5 Å². The highest BCUT2D eigenvalue weighted by Gasteiger charge is 2.50. The van der Waals surface area contributed by atoms with Crippen molar-refractivity contribution in [2.75, 3.05) is 26.3 Å². The van der Waals surface area contributed by atoms with Crippen LogP contribution < -0.4 is 5.32 Å². The van der Waals surface area contributed by atoms with E-state index in [9.17, 15) is 9.59 Å². The van der Waals surface area contributed by atoms with Crippen LogP contribution in [0.5, 0.6) is 0 Å². The monoisotopic (exact) mass is 280 g/mol. The maximum atomic E-state index is 12.4. The number of nitrogens with one attached hydrogen (secondary N) is 1. The number of fused-ring (bicyclic) bond motifs is 1. The quantitative estimate of drug-likeness (QED) is 0.756. The third kappa shape index (κ3) is 2.37. The first-order chi connectivity index (χ1) is 9.72. The van der Waals surface area contributed by atoms with Gasteiger partial charge in [0.1, 0.15) is 0 Å². The molecule has 0 aromatic heterocycles. The van der Waals surface area contributed by atoms with Gasteiger partial charge in [-0.15, -0.1) is 0 Å². The van der Waals surface area contributed by atoms with Gasteiger partial charge in [0.25, 0.3) is 0 Å². The highest BCUT2D eigenvalue weighted by molar-refractivity contribution is 6.05. The van der Waals surface area contributed by atoms with E-state index in [1.807, 2.05) is 0 Å². The van der Waals surface area contributed by atoms with E-state index >= 15 is 0 Å². The maximum Gasteiger partial charge on any atom is 0.233 e. The Morgan fingerprint density at radius 1 is 1.25 bits per heavy atom. The molecule has 4 unspecified atom stereocenters. The Morgan fingerprint density at radius 2 is 1.95 bits per heavy atom. The molecule has 3 aliphatic rings. The molecule has 0 spiro atoms. The lowest BCUT2D eigenvalue weighted by molar-refractivity contribution is -0.141. The van der Waals surface area contributed by atoms with E-state index in [1.165, 1.54) is 4.90 Å². The van der Waals surface area contributed by atoms with E-state index in [0.29, 0.717) is 12.5 Å². The number of ether oxygens (including phenoxy) is 1. The van der Waals surface area contributed by atoms with Gasteiger partial charge in [-0.1, -0.05) is 13.3 Å². The van der Waals surface area contributed by atoms with Crippen LogP contribution in [0.1, 0.15) is 32.6 Å². The van der Waals surface area contributed by atoms with Gasteiger partial charge in [-0.2, -0.15) is 0 Å². The molecule has 3 fully saturated rings. The number of hydrogen-bond acceptors (Lipinski definition) is 4. The molecular weight excluding hydrogens is 256 g/mol. The third-order valence-corrected chi connectivity index (χ3v) is 5.06. The maximum absolute atomic E-state index is 12.4. The van der Waals surface area contributed by atoms with E-state index in [2.05, 4.69) is 12.2 Å². The van der Waals surface area contributed by atoms with Gasteiger partial charge in [0.15, 0.2) is 0 Å². The predicted molar refractivity (Wildman–Crippen MR) is 73.9 cm³/mol. The Morgan fingerprint density at radius 3 is 2.50 bits per heavy atom. The minimum Gasteiger partial charge on any atom is -0.381 e. The molecule has 5 nitrogen and oxygen atoms in total. The smallest absolute Gasteiger partial charge is 0.233 e. The van der Waals surface area contributed by atoms with Crippen LogP contribution in [-0.4, -0.2) is 49.1 Å². The van der Waals surface area contributed by atoms with Crippen LogP contribution in [0.2, 0.25) is 0 Å². The van der Waals surface area contributed by atoms with Crippen molar-refractivity contribution in [3.8, 4) is 0 Å². The summed E-state index contributed by atoms with van der Waals surface area (Å²) in [6, 6.07) is 0.175. The van der Waals surface area contributed by atoms with Gasteiger partial charge in [0.2, 0.25) is 11.8 Å². The van der Waals surface area contributed by atoms with Crippen LogP contribution in [-0.2, 0) is 14.3 Å². The Labute approximate surface area is 120 Å². The molecule has 5 heteroatoms. The number of carbonyl (C=O) groups excluding carboxylic acids is 2. The second-order valence-corrected chi connectivity index (χ2v) is 6.22. The van der Waals surface area contributed by atoms with Crippen molar-refractivity contribution >= 4 is 11.8 Å². The number of amides is 2. The molecule has 2 heterocycles. The molecule has 20 heavy (non-hydrogen) atoms. The van der Waals surface area contributed by atoms with Gasteiger partial charge in [0, 0.05) is 25.1 Å². The summed E-state index contributed by atoms with van der Waals surface area (Å²) >= 11 is 0. The van der Waals surface area contributed by atoms with E-state index in [4.69, 9.17) is 4.74 Å². The lowest BCUT2D eigenvalue weighted by atomic mass is 9.98. The minimum absolute atomic E-state index is 0.0235. The summed E-state index contributed by atoms with van der Waals surface area (Å²) in [6.07, 6.45) is 3.82. The van der Waals surface area contributed by atoms with Crippen LogP contribution >= 0.6 is 0 Å². The van der Waals surface area contributed by atoms with Crippen molar-refractivity contribution < 1.29 is 14.3 Å². The summed E-state index contributed by atoms with van der Waals surface area (Å²) in [6.45, 7) is 4.96. The first kappa shape index (κ1) is 14.0. The Bertz CT molecular complexity index is 371. The number of likely N-dealkylation sites (tertiary alicyclic amines) is 1. The second kappa shape index (κ2) is 5.82. The standard InChI is InChI=1S/C15H24N2O3/c1-2-16-13(10-6-7-20-9-10)8-17-14(18)11-4-3-5-12(11)15(17)19/h10-13,16H,2-9H2,1H3. The number of hydrogen-bond donors (Lipinski definition) is 1. The third-order valence-electron chi connectivity index (χ3n) is 5.06. The van der Waals surface area contributed by atoms with E-state index in [1.54, 1.807) is 0 Å². The summed E-state index contributed by atoms with van der Waals surface area (Å²) in [5, 5.41) is 3.43. The van der Waals surface area contributed by atoms with Crippen LogP contribution in [0.25, 0.3) is 0 Å². The molecule has 112 valence electrons. The summed E-state index contributed by atoms with van der Waals surface area (Å²) in [7, 11) is 0. The van der Waals surface area contributed by atoms with Crippen molar-refractivity contribution in [2.45, 2.75) is 38.6 Å². The predicted octanol–water partition coefficient (Wildman–Crippen LogP) is 0.786. The molecule has 0 radical (unpaired) electrons. The van der Waals surface area contributed by atoms with Crippen molar-refractivity contribution in [3.05, 3.63) is 0 Å².